The van der Waals surface area contributed by atoms with Gasteiger partial charge < -0.3 is 102 Å². The van der Waals surface area contributed by atoms with Gasteiger partial charge in [-0.05, 0) is 106 Å². The Hall–Kier alpha value is -7.17. The number of nitrogens with two attached hydrogens (primary N) is 1. The van der Waals surface area contributed by atoms with Crippen LogP contribution in [0.1, 0.15) is 87.2 Å². The maximum Gasteiger partial charge on any atom is 1.00 e. The van der Waals surface area contributed by atoms with Crippen LogP contribution in [0.2, 0.25) is 0 Å². The molecule has 520 valence electrons. The number of aliphatic hydroxyl groups is 7. The van der Waals surface area contributed by atoms with Crippen LogP contribution in [-0.4, -0.2) is 236 Å². The second kappa shape index (κ2) is 34.6. The quantitative estimate of drug-likeness (QED) is 0.0107. The number of carbonyl (C=O) groups excluding carboxylic acids is 8. The molecule has 0 aliphatic carbocycles. The first-order chi connectivity index (χ1) is 45.9. The van der Waals surface area contributed by atoms with Crippen molar-refractivity contribution in [2.24, 2.45) is 11.7 Å². The number of ether oxygens (including phenoxy) is 1. The van der Waals surface area contributed by atoms with Crippen molar-refractivity contribution in [2.75, 3.05) is 45.9 Å². The van der Waals surface area contributed by atoms with Gasteiger partial charge in [0.15, 0.2) is 11.5 Å². The number of phenols is 1. The molecule has 36 heteroatoms. The third-order valence-electron chi connectivity index (χ3n) is 17.1. The maximum absolute atomic E-state index is 14.7. The average molecular weight is 1400 g/mol. The van der Waals surface area contributed by atoms with Crippen molar-refractivity contribution in [3.63, 3.8) is 0 Å². The number of nitrogens with zero attached hydrogens (tertiary/aromatic N) is 6. The number of aliphatic hydroxyl groups excluding tert-OH is 7. The fourth-order valence-corrected chi connectivity index (χ4v) is 13.1. The van der Waals surface area contributed by atoms with Gasteiger partial charge in [-0.2, -0.15) is 5.10 Å². The van der Waals surface area contributed by atoms with Crippen molar-refractivity contribution >= 4 is 75.9 Å². The SMILES string of the molecule is CC(O)C1NC(=O)C(NC(=O)c2ccc(-c3cn4nc(-c5ccc(OCCCCN6CCCCC6)cc5)sc4n3)cc2)CC(O)CNC(=O)C2C(O)C(C)CN2C(=O)C(C(O)CC(N)=O)NC(=O)C(C(O)C(O)c2ccc(O)c(OSOO[O-])c2)NC(=O)C2CC(O)CN2C1=O.[Na+]. The van der Waals surface area contributed by atoms with Crippen LogP contribution < -0.4 is 76.1 Å². The zero-order valence-electron chi connectivity index (χ0n) is 53.1. The second-order valence-corrected chi connectivity index (χ2v) is 25.6. The van der Waals surface area contributed by atoms with E-state index in [1.165, 1.54) is 62.7 Å². The predicted molar refractivity (Wildman–Crippen MR) is 335 cm³/mol. The van der Waals surface area contributed by atoms with Crippen LogP contribution in [0.15, 0.2) is 72.9 Å². The first-order valence-electron chi connectivity index (χ1n) is 31.1. The van der Waals surface area contributed by atoms with Crippen LogP contribution in [0.4, 0.5) is 0 Å². The van der Waals surface area contributed by atoms with Crippen LogP contribution >= 0.6 is 23.7 Å². The summed E-state index contributed by atoms with van der Waals surface area (Å²) in [6.45, 7) is 4.71. The molecule has 15 N–H and O–H groups in total. The molecular formula is C61H77N12NaO21S2. The fraction of sp³-hybridized carbons (Fsp3) is 0.508. The summed E-state index contributed by atoms with van der Waals surface area (Å²) in [5.74, 6) is -11.2. The second-order valence-electron chi connectivity index (χ2n) is 24.2. The van der Waals surface area contributed by atoms with Gasteiger partial charge in [0.2, 0.25) is 46.3 Å². The Morgan fingerprint density at radius 1 is 0.814 bits per heavy atom. The van der Waals surface area contributed by atoms with Crippen molar-refractivity contribution < 1.29 is 132 Å². The Morgan fingerprint density at radius 3 is 2.18 bits per heavy atom. The zero-order valence-corrected chi connectivity index (χ0v) is 56.7. The van der Waals surface area contributed by atoms with Gasteiger partial charge in [-0.25, -0.2) is 9.50 Å². The molecule has 97 heavy (non-hydrogen) atoms. The monoisotopic (exact) mass is 1400 g/mol. The van der Waals surface area contributed by atoms with Crippen LogP contribution in [0, 0.1) is 5.92 Å². The minimum atomic E-state index is -2.54. The molecule has 0 bridgehead atoms. The van der Waals surface area contributed by atoms with E-state index >= 15 is 0 Å². The fourth-order valence-electron chi connectivity index (χ4n) is 11.9. The van der Waals surface area contributed by atoms with Crippen LogP contribution in [0.5, 0.6) is 17.2 Å². The standard InChI is InChI=1S/C61H78N12O21S2.Na/c1-30-27-72-49(50(30)80)57(87)63-26-36(75)23-39(64-53(83)33-10-8-32(9-11-33)40-29-73-61(65-40)95-58(69-73)34-12-15-38(16-13-34)91-21-7-6-20-70-18-4-3-5-19-70)54(84)66-46(31(2)74)59(88)71-28-37(76)24-41(71)55(85)68-48(56(86)67-47(60(72)89)43(78)25-45(62)79)52(82)51(81)35-14-17-42(77)44(22-35)92-96-94-93-90;/h8-17,22,29-31,36-37,39,41,43,46-52,74-78,80-82,90H,3-7,18-21,23-28H2,1-2H3,(H2,62,79)(H,63,87)(H,64,83)(H,66,84)(H,67,86)(H,68,85);/q;+1/p-1. The van der Waals surface area contributed by atoms with Gasteiger partial charge in [0.25, 0.3) is 18.2 Å². The maximum atomic E-state index is 14.7. The summed E-state index contributed by atoms with van der Waals surface area (Å²) in [7, 11) is 0. The number of aromatic nitrogens is 3. The molecule has 2 aromatic heterocycles. The summed E-state index contributed by atoms with van der Waals surface area (Å²) in [6, 6.07) is 4.27. The van der Waals surface area contributed by atoms with E-state index in [0.717, 1.165) is 65.6 Å². The number of phenolic OH excluding ortho intramolecular Hbond substituents is 1. The van der Waals surface area contributed by atoms with Gasteiger partial charge in [-0.1, -0.05) is 42.9 Å². The number of aromatic hydroxyl groups is 1. The molecule has 4 saturated heterocycles. The van der Waals surface area contributed by atoms with Crippen molar-refractivity contribution in [3.8, 4) is 39.1 Å². The van der Waals surface area contributed by atoms with Crippen LogP contribution in [0.25, 0.3) is 26.8 Å². The minimum Gasteiger partial charge on any atom is -0.691 e. The molecule has 4 aliphatic heterocycles. The molecule has 14 unspecified atom stereocenters. The number of unbranched alkanes of at least 4 members (excludes halogenated alkanes) is 1. The van der Waals surface area contributed by atoms with Gasteiger partial charge in [0, 0.05) is 55.1 Å². The number of benzene rings is 3. The summed E-state index contributed by atoms with van der Waals surface area (Å²) in [4.78, 5) is 123. The van der Waals surface area contributed by atoms with E-state index in [0.29, 0.717) is 27.8 Å². The van der Waals surface area contributed by atoms with E-state index in [1.54, 1.807) is 22.8 Å². The van der Waals surface area contributed by atoms with Gasteiger partial charge in [0.1, 0.15) is 59.2 Å². The largest absolute Gasteiger partial charge is 1.00 e. The Morgan fingerprint density at radius 2 is 1.49 bits per heavy atom. The molecule has 14 atom stereocenters. The number of likely N-dealkylation sites (tertiary alicyclic amines) is 1. The molecular weight excluding hydrogens is 1320 g/mol. The molecule has 9 rings (SSSR count). The summed E-state index contributed by atoms with van der Waals surface area (Å²) < 4.78 is 16.7. The molecule has 0 radical (unpaired) electrons. The molecule has 0 spiro atoms. The summed E-state index contributed by atoms with van der Waals surface area (Å²) in [6.07, 6.45) is -8.63. The Bertz CT molecular complexity index is 3540. The van der Waals surface area contributed by atoms with Gasteiger partial charge >= 0.3 is 29.6 Å². The first kappa shape index (κ1) is 75.6. The number of primary amides is 1. The number of hydrogen-bond donors (Lipinski definition) is 14. The molecule has 5 aromatic rings. The van der Waals surface area contributed by atoms with Crippen molar-refractivity contribution in [3.05, 3.63) is 84.1 Å². The molecule has 4 fully saturated rings. The van der Waals surface area contributed by atoms with E-state index in [9.17, 15) is 84.5 Å². The third kappa shape index (κ3) is 19.0. The number of amides is 8. The van der Waals surface area contributed by atoms with Gasteiger partial charge in [0.05, 0.1) is 55.4 Å². The minimum absolute atomic E-state index is 0. The Labute approximate surface area is 585 Å². The van der Waals surface area contributed by atoms with E-state index in [4.69, 9.17) is 24.7 Å². The van der Waals surface area contributed by atoms with E-state index in [2.05, 4.69) is 40.9 Å². The average Bonchev–Trinajstić information content (AvgIpc) is 1.67. The number of fused-ring (bicyclic) bond motifs is 3. The number of hydrogen-bond acceptors (Lipinski definition) is 26. The predicted octanol–water partition coefficient (Wildman–Crippen LogP) is -6.04. The molecule has 6 heterocycles. The number of nitrogens with one attached hydrogen (secondary N) is 5. The third-order valence-corrected chi connectivity index (χ3v) is 18.4. The van der Waals surface area contributed by atoms with Gasteiger partial charge in [-0.3, -0.25) is 43.4 Å². The van der Waals surface area contributed by atoms with Crippen LogP contribution in [0.3, 0.4) is 0 Å². The number of rotatable bonds is 21. The molecule has 4 aliphatic rings. The summed E-state index contributed by atoms with van der Waals surface area (Å²) in [5, 5.41) is 121. The van der Waals surface area contributed by atoms with Crippen molar-refractivity contribution in [1.29, 1.82) is 0 Å². The normalized spacial score (nSPS) is 25.4. The van der Waals surface area contributed by atoms with Crippen LogP contribution in [-0.2, 0) is 42.9 Å². The van der Waals surface area contributed by atoms with E-state index in [1.807, 2.05) is 24.3 Å². The first-order valence-corrected chi connectivity index (χ1v) is 32.6. The smallest absolute Gasteiger partial charge is 0.691 e. The van der Waals surface area contributed by atoms with Crippen molar-refractivity contribution in [2.45, 2.75) is 144 Å². The number of imidazole rings is 1. The summed E-state index contributed by atoms with van der Waals surface area (Å²) >= 11 is 1.27. The van der Waals surface area contributed by atoms with Gasteiger partial charge in [-0.15, -0.1) is 4.33 Å². The topological polar surface area (TPSA) is 484 Å². The Balaban J connectivity index is 0.0000120. The molecule has 3 aromatic carbocycles. The zero-order chi connectivity index (χ0) is 69.1. The van der Waals surface area contributed by atoms with E-state index in [-0.39, 0.29) is 53.0 Å². The van der Waals surface area contributed by atoms with E-state index < -0.39 is 183 Å². The molecule has 33 nitrogen and oxygen atoms in total. The number of β-amino-alcohol motifs (C(OH)–C–C–N with tert-alkyl or cyclic N) is 1. The number of carbonyl (C=O) groups is 8. The number of piperidine rings is 1. The Kier molecular flexibility index (Phi) is 26.9. The van der Waals surface area contributed by atoms with Crippen molar-refractivity contribution in [1.82, 2.24) is 55.9 Å². The molecule has 8 amide bonds. The summed E-state index contributed by atoms with van der Waals surface area (Å²) in [5.41, 5.74) is 6.97. The molecule has 0 saturated carbocycles.